The van der Waals surface area contributed by atoms with E-state index in [1.54, 1.807) is 6.92 Å². The van der Waals surface area contributed by atoms with Gasteiger partial charge >= 0.3 is 5.69 Å². The summed E-state index contributed by atoms with van der Waals surface area (Å²) >= 11 is 1.50. The number of nitro groups is 1. The highest BCUT2D eigenvalue weighted by molar-refractivity contribution is 7.13. The molecule has 8 nitrogen and oxygen atoms in total. The molecule has 3 rings (SSSR count). The minimum Gasteiger partial charge on any atom is -0.418 e. The van der Waals surface area contributed by atoms with Gasteiger partial charge in [-0.3, -0.25) is 14.8 Å². The Hall–Kier alpha value is -2.55. The number of aromatic nitrogens is 4. The third-order valence-corrected chi connectivity index (χ3v) is 3.47. The molecule has 0 saturated carbocycles. The molecule has 3 aromatic heterocycles. The molecule has 0 aromatic carbocycles. The predicted molar refractivity (Wildman–Crippen MR) is 70.3 cm³/mol. The van der Waals surface area contributed by atoms with E-state index in [1.807, 2.05) is 17.5 Å². The zero-order valence-electron chi connectivity index (χ0n) is 10.4. The highest BCUT2D eigenvalue weighted by Crippen LogP contribution is 2.23. The third-order valence-electron chi connectivity index (χ3n) is 2.61. The average molecular weight is 291 g/mol. The summed E-state index contributed by atoms with van der Waals surface area (Å²) in [7, 11) is 0. The largest absolute Gasteiger partial charge is 0.418 e. The average Bonchev–Trinajstić information content (AvgIpc) is 3.09. The molecule has 3 aromatic rings. The van der Waals surface area contributed by atoms with Gasteiger partial charge in [0.1, 0.15) is 18.4 Å². The first-order chi connectivity index (χ1) is 9.63. The molecule has 0 radical (unpaired) electrons. The smallest absolute Gasteiger partial charge is 0.309 e. The van der Waals surface area contributed by atoms with Crippen LogP contribution < -0.4 is 0 Å². The van der Waals surface area contributed by atoms with Crippen molar-refractivity contribution >= 4 is 17.0 Å². The Kier molecular flexibility index (Phi) is 3.03. The first-order valence-corrected chi connectivity index (χ1v) is 6.56. The number of nitrogens with zero attached hydrogens (tertiary/aromatic N) is 5. The van der Waals surface area contributed by atoms with Crippen LogP contribution in [0.25, 0.3) is 10.8 Å². The maximum Gasteiger partial charge on any atom is 0.309 e. The fraction of sp³-hybridized carbons (Fsp3) is 0.182. The van der Waals surface area contributed by atoms with Gasteiger partial charge in [0.25, 0.3) is 5.89 Å². The van der Waals surface area contributed by atoms with E-state index in [0.717, 1.165) is 4.88 Å². The molecule has 0 bridgehead atoms. The van der Waals surface area contributed by atoms with Gasteiger partial charge in [0.2, 0.25) is 5.89 Å². The normalized spacial score (nSPS) is 10.8. The Balaban J connectivity index is 1.82. The standard InChI is InChI=1S/C11H9N5O3S/c1-7-8(16(17)18)5-15(14-7)6-10-12-13-11(19-10)9-3-2-4-20-9/h2-5H,6H2,1H3. The van der Waals surface area contributed by atoms with Crippen LogP contribution in [0.3, 0.4) is 0 Å². The third kappa shape index (κ3) is 2.30. The van der Waals surface area contributed by atoms with Gasteiger partial charge in [-0.15, -0.1) is 21.5 Å². The number of thiophene rings is 1. The zero-order valence-corrected chi connectivity index (χ0v) is 11.2. The van der Waals surface area contributed by atoms with Gasteiger partial charge in [0, 0.05) is 0 Å². The summed E-state index contributed by atoms with van der Waals surface area (Å²) in [6, 6.07) is 3.77. The van der Waals surface area contributed by atoms with E-state index in [2.05, 4.69) is 15.3 Å². The second-order valence-corrected chi connectivity index (χ2v) is 4.98. The SMILES string of the molecule is Cc1nn(Cc2nnc(-c3cccs3)o2)cc1[N+](=O)[O-]. The van der Waals surface area contributed by atoms with Gasteiger partial charge in [-0.1, -0.05) is 6.07 Å². The van der Waals surface area contributed by atoms with Crippen LogP contribution in [0.4, 0.5) is 5.69 Å². The van der Waals surface area contributed by atoms with E-state index in [9.17, 15) is 10.1 Å². The van der Waals surface area contributed by atoms with Crippen LogP contribution in [-0.2, 0) is 6.54 Å². The van der Waals surface area contributed by atoms with Crippen molar-refractivity contribution in [1.29, 1.82) is 0 Å². The van der Waals surface area contributed by atoms with Crippen LogP contribution in [-0.4, -0.2) is 24.9 Å². The molecule has 0 atom stereocenters. The van der Waals surface area contributed by atoms with Crippen molar-refractivity contribution in [3.63, 3.8) is 0 Å². The number of hydrogen-bond donors (Lipinski definition) is 0. The molecule has 9 heteroatoms. The summed E-state index contributed by atoms with van der Waals surface area (Å²) in [5.41, 5.74) is 0.330. The van der Waals surface area contributed by atoms with Gasteiger partial charge in [-0.25, -0.2) is 0 Å². The minimum atomic E-state index is -0.469. The van der Waals surface area contributed by atoms with E-state index in [4.69, 9.17) is 4.42 Å². The molecule has 20 heavy (non-hydrogen) atoms. The first-order valence-electron chi connectivity index (χ1n) is 5.68. The van der Waals surface area contributed by atoms with Crippen molar-refractivity contribution in [2.24, 2.45) is 0 Å². The lowest BCUT2D eigenvalue weighted by Crippen LogP contribution is -2.00. The van der Waals surface area contributed by atoms with Crippen molar-refractivity contribution in [3.05, 3.63) is 45.4 Å². The maximum absolute atomic E-state index is 10.7. The highest BCUT2D eigenvalue weighted by atomic mass is 32.1. The second kappa shape index (κ2) is 4.85. The van der Waals surface area contributed by atoms with E-state index in [0.29, 0.717) is 17.5 Å². The fourth-order valence-electron chi connectivity index (χ4n) is 1.72. The number of aryl methyl sites for hydroxylation is 1. The Labute approximate surface area is 116 Å². The Morgan fingerprint density at radius 1 is 1.50 bits per heavy atom. The van der Waals surface area contributed by atoms with E-state index in [-0.39, 0.29) is 12.2 Å². The molecule has 0 saturated heterocycles. The molecule has 0 aliphatic heterocycles. The summed E-state index contributed by atoms with van der Waals surface area (Å²) in [6.45, 7) is 1.78. The lowest BCUT2D eigenvalue weighted by Gasteiger charge is -1.93. The van der Waals surface area contributed by atoms with Crippen LogP contribution in [0.2, 0.25) is 0 Å². The summed E-state index contributed by atoms with van der Waals surface area (Å²) < 4.78 is 6.91. The topological polar surface area (TPSA) is 99.9 Å². The first kappa shape index (κ1) is 12.5. The Morgan fingerprint density at radius 3 is 3.00 bits per heavy atom. The summed E-state index contributed by atoms with van der Waals surface area (Å²) in [6.07, 6.45) is 1.35. The van der Waals surface area contributed by atoms with Crippen molar-refractivity contribution in [2.45, 2.75) is 13.5 Å². The zero-order chi connectivity index (χ0) is 14.1. The lowest BCUT2D eigenvalue weighted by molar-refractivity contribution is -0.385. The molecule has 0 fully saturated rings. The number of hydrogen-bond acceptors (Lipinski definition) is 7. The molecule has 0 aliphatic rings. The van der Waals surface area contributed by atoms with E-state index in [1.165, 1.54) is 22.2 Å². The lowest BCUT2D eigenvalue weighted by atomic mass is 10.4. The molecule has 0 unspecified atom stereocenters. The summed E-state index contributed by atoms with van der Waals surface area (Å²) in [4.78, 5) is 11.2. The minimum absolute atomic E-state index is 0.0250. The van der Waals surface area contributed by atoms with Crippen molar-refractivity contribution < 1.29 is 9.34 Å². The van der Waals surface area contributed by atoms with Crippen LogP contribution in [0.15, 0.2) is 28.1 Å². The predicted octanol–water partition coefficient (Wildman–Crippen LogP) is 2.26. The Bertz CT molecular complexity index is 746. The molecular formula is C11H9N5O3S. The van der Waals surface area contributed by atoms with Gasteiger partial charge in [0.15, 0.2) is 0 Å². The van der Waals surface area contributed by atoms with Crippen LogP contribution >= 0.6 is 11.3 Å². The van der Waals surface area contributed by atoms with Crippen molar-refractivity contribution in [2.75, 3.05) is 0 Å². The summed E-state index contributed by atoms with van der Waals surface area (Å²) in [5, 5.41) is 24.6. The molecule has 0 N–H and O–H groups in total. The molecule has 102 valence electrons. The van der Waals surface area contributed by atoms with Crippen molar-refractivity contribution in [3.8, 4) is 10.8 Å². The van der Waals surface area contributed by atoms with Crippen LogP contribution in [0, 0.1) is 17.0 Å². The maximum atomic E-state index is 10.7. The highest BCUT2D eigenvalue weighted by Gasteiger charge is 2.17. The molecule has 3 heterocycles. The quantitative estimate of drug-likeness (QED) is 0.540. The van der Waals surface area contributed by atoms with Crippen molar-refractivity contribution in [1.82, 2.24) is 20.0 Å². The van der Waals surface area contributed by atoms with Crippen LogP contribution in [0.5, 0.6) is 0 Å². The second-order valence-electron chi connectivity index (χ2n) is 4.03. The van der Waals surface area contributed by atoms with E-state index < -0.39 is 4.92 Å². The summed E-state index contributed by atoms with van der Waals surface area (Å²) in [5.74, 6) is 0.791. The molecular weight excluding hydrogens is 282 g/mol. The molecule has 0 aliphatic carbocycles. The molecule has 0 amide bonds. The van der Waals surface area contributed by atoms with Gasteiger partial charge in [-0.2, -0.15) is 5.10 Å². The van der Waals surface area contributed by atoms with E-state index >= 15 is 0 Å². The van der Waals surface area contributed by atoms with Gasteiger partial charge in [-0.05, 0) is 18.4 Å². The fourth-order valence-corrected chi connectivity index (χ4v) is 2.37. The Morgan fingerprint density at radius 2 is 2.35 bits per heavy atom. The van der Waals surface area contributed by atoms with Crippen LogP contribution in [0.1, 0.15) is 11.6 Å². The molecule has 0 spiro atoms. The van der Waals surface area contributed by atoms with Gasteiger partial charge < -0.3 is 4.42 Å². The van der Waals surface area contributed by atoms with Gasteiger partial charge in [0.05, 0.1) is 9.80 Å². The monoisotopic (exact) mass is 291 g/mol. The number of rotatable bonds is 4.